The van der Waals surface area contributed by atoms with Crippen LogP contribution in [0, 0.1) is 17.7 Å². The molecule has 256 valence electrons. The first-order valence-electron chi connectivity index (χ1n) is 13.1. The largest absolute Gasteiger partial charge is 0.418 e. The Bertz CT molecular complexity index is 1720. The third kappa shape index (κ3) is 7.20. The second-order valence-electron chi connectivity index (χ2n) is 10.5. The van der Waals surface area contributed by atoms with Gasteiger partial charge in [-0.15, -0.1) is 0 Å². The van der Waals surface area contributed by atoms with E-state index in [1.54, 1.807) is 5.32 Å². The predicted octanol–water partition coefficient (Wildman–Crippen LogP) is 5.82. The van der Waals surface area contributed by atoms with Crippen LogP contribution in [0.2, 0.25) is 5.02 Å². The molecule has 4 atom stereocenters. The summed E-state index contributed by atoms with van der Waals surface area (Å²) >= 11 is 5.91. The van der Waals surface area contributed by atoms with Gasteiger partial charge in [0, 0.05) is 12.1 Å². The Morgan fingerprint density at radius 3 is 2.15 bits per heavy atom. The van der Waals surface area contributed by atoms with E-state index >= 15 is 0 Å². The van der Waals surface area contributed by atoms with Crippen molar-refractivity contribution in [2.75, 3.05) is 18.4 Å². The number of nitrogens with one attached hydrogen (secondary N) is 2. The summed E-state index contributed by atoms with van der Waals surface area (Å²) in [5, 5.41) is 6.50. The molecule has 0 bridgehead atoms. The lowest BCUT2D eigenvalue weighted by Crippen LogP contribution is -2.43. The van der Waals surface area contributed by atoms with Gasteiger partial charge in [0.2, 0.25) is 11.8 Å². The minimum atomic E-state index is -5.24. The fraction of sp³-hybridized carbons (Fsp3) is 0.423. The third-order valence-corrected chi connectivity index (χ3v) is 7.68. The van der Waals surface area contributed by atoms with Gasteiger partial charge in [-0.3, -0.25) is 14.4 Å². The van der Waals surface area contributed by atoms with Gasteiger partial charge in [-0.05, 0) is 32.0 Å². The number of anilines is 1. The van der Waals surface area contributed by atoms with Gasteiger partial charge < -0.3 is 15.5 Å². The Hall–Kier alpha value is -4.23. The molecule has 4 rings (SSSR count). The van der Waals surface area contributed by atoms with Gasteiger partial charge in [0.05, 0.1) is 34.4 Å². The van der Waals surface area contributed by atoms with Crippen molar-refractivity contribution in [2.24, 2.45) is 11.8 Å². The van der Waals surface area contributed by atoms with Gasteiger partial charge >= 0.3 is 18.5 Å². The molecule has 3 aromatic rings. The molecular weight excluding hydrogens is 689 g/mol. The minimum Gasteiger partial charge on any atom is -0.344 e. The number of aromatic nitrogens is 3. The molecule has 2 N–H and O–H groups in total. The highest BCUT2D eigenvalue weighted by atomic mass is 35.5. The van der Waals surface area contributed by atoms with Gasteiger partial charge in [-0.1, -0.05) is 11.6 Å². The van der Waals surface area contributed by atoms with Crippen LogP contribution in [0.1, 0.15) is 29.8 Å². The molecule has 2 aromatic heterocycles. The highest BCUT2D eigenvalue weighted by Gasteiger charge is 2.47. The number of hydrogen-bond acceptors (Lipinski definition) is 5. The van der Waals surface area contributed by atoms with Crippen LogP contribution in [0.25, 0.3) is 16.8 Å². The molecule has 1 fully saturated rings. The van der Waals surface area contributed by atoms with E-state index in [4.69, 9.17) is 11.6 Å². The topological polar surface area (TPSA) is 109 Å². The monoisotopic (exact) mass is 708 g/mol. The van der Waals surface area contributed by atoms with Crippen LogP contribution in [-0.4, -0.2) is 74.9 Å². The summed E-state index contributed by atoms with van der Waals surface area (Å²) in [7, 11) is 0. The van der Waals surface area contributed by atoms with Crippen molar-refractivity contribution in [1.82, 2.24) is 24.8 Å². The number of carbonyl (C=O) groups is 3. The zero-order valence-corrected chi connectivity index (χ0v) is 24.3. The average molecular weight is 709 g/mol. The van der Waals surface area contributed by atoms with E-state index in [0.717, 1.165) is 6.07 Å². The van der Waals surface area contributed by atoms with Crippen LogP contribution in [0.3, 0.4) is 0 Å². The fourth-order valence-corrected chi connectivity index (χ4v) is 4.77. The maximum Gasteiger partial charge on any atom is 0.418 e. The van der Waals surface area contributed by atoms with Crippen molar-refractivity contribution < 1.29 is 62.7 Å². The number of nitrogens with zero attached hydrogens (tertiary/aromatic N) is 4. The molecule has 1 saturated heterocycles. The van der Waals surface area contributed by atoms with Gasteiger partial charge in [-0.25, -0.2) is 18.3 Å². The molecule has 1 aliphatic rings. The number of halogens is 12. The number of benzene rings is 1. The van der Waals surface area contributed by atoms with Crippen molar-refractivity contribution in [1.29, 1.82) is 0 Å². The summed E-state index contributed by atoms with van der Waals surface area (Å²) in [6.07, 6.45) is -16.7. The Labute approximate surface area is 261 Å². The van der Waals surface area contributed by atoms with Crippen LogP contribution in [0.5, 0.6) is 0 Å². The number of alkyl halides is 10. The molecule has 3 amide bonds. The standard InChI is InChI=1S/C26H20ClF11N6O3/c1-9(24(30,31)32)21(45)42-20-19-13(26(36,37)38)5-17(44(19)40-8-39-20)11-3-12(18(27)14(28)4-11)22(46)41-16-7-43(6-15(16)29)23(47)10(2)25(33,34)35/h3-5,8-10,15-16H,6-7H2,1-2H3,(H,41,46)(H,39,40,42,45)/t9-,10-,15-,16+/m0/s1. The number of likely N-dealkylation sites (tertiary alicyclic amines) is 1. The second-order valence-corrected chi connectivity index (χ2v) is 10.9. The van der Waals surface area contributed by atoms with Gasteiger partial charge in [0.25, 0.3) is 5.91 Å². The summed E-state index contributed by atoms with van der Waals surface area (Å²) < 4.78 is 150. The number of hydrogen-bond donors (Lipinski definition) is 2. The zero-order valence-electron chi connectivity index (χ0n) is 23.6. The van der Waals surface area contributed by atoms with E-state index in [1.165, 1.54) is 0 Å². The Balaban J connectivity index is 1.71. The lowest BCUT2D eigenvalue weighted by molar-refractivity contribution is -0.185. The molecule has 9 nitrogen and oxygen atoms in total. The highest BCUT2D eigenvalue weighted by molar-refractivity contribution is 6.34. The molecular formula is C26H20ClF11N6O3. The third-order valence-electron chi connectivity index (χ3n) is 7.29. The second kappa shape index (κ2) is 12.4. The number of amides is 3. The van der Waals surface area contributed by atoms with E-state index < -0.39 is 118 Å². The molecule has 0 radical (unpaired) electrons. The van der Waals surface area contributed by atoms with Crippen LogP contribution in [-0.2, 0) is 15.8 Å². The molecule has 1 aliphatic heterocycles. The Morgan fingerprint density at radius 1 is 0.957 bits per heavy atom. The van der Waals surface area contributed by atoms with Crippen LogP contribution < -0.4 is 10.6 Å². The summed E-state index contributed by atoms with van der Waals surface area (Å²) in [5.41, 5.74) is -4.51. The lowest BCUT2D eigenvalue weighted by Gasteiger charge is -2.22. The van der Waals surface area contributed by atoms with Crippen LogP contribution in [0.15, 0.2) is 24.5 Å². The highest BCUT2D eigenvalue weighted by Crippen LogP contribution is 2.40. The van der Waals surface area contributed by atoms with Crippen LogP contribution >= 0.6 is 11.6 Å². The summed E-state index contributed by atoms with van der Waals surface area (Å²) in [4.78, 5) is 41.4. The maximum absolute atomic E-state index is 15.0. The van der Waals surface area contributed by atoms with Gasteiger partial charge in [0.1, 0.15) is 35.7 Å². The average Bonchev–Trinajstić information content (AvgIpc) is 3.53. The van der Waals surface area contributed by atoms with Crippen LogP contribution in [0.4, 0.5) is 54.1 Å². The van der Waals surface area contributed by atoms with Crippen molar-refractivity contribution in [2.45, 2.75) is 44.6 Å². The smallest absolute Gasteiger partial charge is 0.344 e. The zero-order chi connectivity index (χ0) is 35.4. The van der Waals surface area contributed by atoms with E-state index in [-0.39, 0.29) is 0 Å². The number of carbonyl (C=O) groups excluding carboxylic acids is 3. The van der Waals surface area contributed by atoms with Crippen molar-refractivity contribution in [3.8, 4) is 11.3 Å². The minimum absolute atomic E-state index is 0.386. The van der Waals surface area contributed by atoms with E-state index in [2.05, 4.69) is 15.4 Å². The molecule has 21 heteroatoms. The van der Waals surface area contributed by atoms with E-state index in [9.17, 15) is 62.7 Å². The summed E-state index contributed by atoms with van der Waals surface area (Å²) in [5.74, 6) is -12.0. The molecule has 0 aliphatic carbocycles. The normalized spacial score (nSPS) is 18.7. The van der Waals surface area contributed by atoms with Crippen molar-refractivity contribution >= 4 is 40.7 Å². The molecule has 1 aromatic carbocycles. The van der Waals surface area contributed by atoms with E-state index in [1.807, 2.05) is 0 Å². The van der Waals surface area contributed by atoms with Gasteiger partial charge in [-0.2, -0.15) is 44.6 Å². The SMILES string of the molecule is C[C@@H](C(=O)Nc1ncnn2c(-c3cc(F)c(Cl)c(C(=O)N[C@@H]4CN(C(=O)[C@H](C)C(F)(F)F)C[C@@H]4F)c3)cc(C(F)(F)F)c12)C(F)(F)F. The number of fused-ring (bicyclic) bond motifs is 1. The van der Waals surface area contributed by atoms with Crippen molar-refractivity contribution in [3.05, 3.63) is 46.5 Å². The Morgan fingerprint density at radius 2 is 1.57 bits per heavy atom. The molecule has 0 spiro atoms. The predicted molar refractivity (Wildman–Crippen MR) is 140 cm³/mol. The summed E-state index contributed by atoms with van der Waals surface area (Å²) in [6.45, 7) is -0.498. The quantitative estimate of drug-likeness (QED) is 0.314. The molecule has 3 heterocycles. The lowest BCUT2D eigenvalue weighted by atomic mass is 10.1. The molecule has 0 unspecified atom stereocenters. The van der Waals surface area contributed by atoms with E-state index in [0.29, 0.717) is 41.7 Å². The first kappa shape index (κ1) is 35.6. The van der Waals surface area contributed by atoms with Crippen molar-refractivity contribution in [3.63, 3.8) is 0 Å². The maximum atomic E-state index is 15.0. The molecule has 47 heavy (non-hydrogen) atoms. The first-order chi connectivity index (χ1) is 21.5. The Kier molecular flexibility index (Phi) is 9.41. The fourth-order valence-electron chi connectivity index (χ4n) is 4.57. The summed E-state index contributed by atoms with van der Waals surface area (Å²) in [6, 6.07) is 0.154. The number of rotatable bonds is 6. The molecule has 0 saturated carbocycles. The first-order valence-corrected chi connectivity index (χ1v) is 13.5. The van der Waals surface area contributed by atoms with Gasteiger partial charge in [0.15, 0.2) is 5.82 Å².